The molecule has 2 unspecified atom stereocenters. The van der Waals surface area contributed by atoms with Crippen molar-refractivity contribution < 1.29 is 18.7 Å². The van der Waals surface area contributed by atoms with E-state index in [2.05, 4.69) is 31.1 Å². The first-order valence-electron chi connectivity index (χ1n) is 10.5. The van der Waals surface area contributed by atoms with Gasteiger partial charge in [0.2, 0.25) is 0 Å². The topological polar surface area (TPSA) is 61.4 Å². The molecule has 176 valence electrons. The minimum absolute atomic E-state index is 0.0644. The number of hydrogen-bond acceptors (Lipinski definition) is 3. The summed E-state index contributed by atoms with van der Waals surface area (Å²) in [5, 5.41) is 16.8. The Bertz CT molecular complexity index is 1290. The number of allylic oxidation sites excluding steroid dienone is 1. The van der Waals surface area contributed by atoms with Gasteiger partial charge < -0.3 is 15.7 Å². The van der Waals surface area contributed by atoms with Gasteiger partial charge in [0, 0.05) is 33.4 Å². The molecule has 0 heterocycles. The normalized spacial score (nSPS) is 18.3. The predicted octanol–water partition coefficient (Wildman–Crippen LogP) is 7.59. The second-order valence-corrected chi connectivity index (χ2v) is 9.81. The predicted molar refractivity (Wildman–Crippen MR) is 132 cm³/mol. The number of phenolic OH excluding ortho intramolecular Hbond substituents is 1. The van der Waals surface area contributed by atoms with Crippen molar-refractivity contribution in [3.63, 3.8) is 0 Å². The van der Waals surface area contributed by atoms with Crippen LogP contribution >= 0.6 is 23.2 Å². The SMILES string of the molecule is C=C(Nc1ccc(O)c(C(=O)Nc2cc(F)ccc2F)c1)C1C(c2cc(Cl)cc(Cl)c2)C1(C)C. The molecule has 34 heavy (non-hydrogen) atoms. The maximum absolute atomic E-state index is 13.9. The second kappa shape index (κ2) is 8.93. The van der Waals surface area contributed by atoms with Crippen LogP contribution in [0.2, 0.25) is 10.0 Å². The van der Waals surface area contributed by atoms with E-state index in [4.69, 9.17) is 23.2 Å². The standard InChI is InChI=1S/C26H22Cl2F2N2O2/c1-13(23-24(26(23,2)3)14-8-15(27)10-16(28)9-14)31-18-5-7-22(33)19(12-18)25(34)32-21-11-17(29)4-6-20(21)30/h4-12,23-24,31,33H,1H2,2-3H3,(H,32,34). The van der Waals surface area contributed by atoms with Crippen molar-refractivity contribution in [2.45, 2.75) is 19.8 Å². The van der Waals surface area contributed by atoms with Crippen molar-refractivity contribution in [3.05, 3.63) is 99.7 Å². The van der Waals surface area contributed by atoms with E-state index < -0.39 is 17.5 Å². The van der Waals surface area contributed by atoms with Crippen LogP contribution in [0.5, 0.6) is 5.75 Å². The fourth-order valence-corrected chi connectivity index (χ4v) is 5.05. The van der Waals surface area contributed by atoms with Crippen molar-refractivity contribution in [1.82, 2.24) is 0 Å². The molecule has 0 aromatic heterocycles. The number of benzene rings is 3. The molecule has 3 aromatic carbocycles. The lowest BCUT2D eigenvalue weighted by molar-refractivity contribution is 0.102. The van der Waals surface area contributed by atoms with Crippen LogP contribution in [0.4, 0.5) is 20.2 Å². The van der Waals surface area contributed by atoms with E-state index in [0.717, 1.165) is 29.5 Å². The van der Waals surface area contributed by atoms with Gasteiger partial charge in [0.05, 0.1) is 11.3 Å². The molecule has 1 aliphatic rings. The number of carbonyl (C=O) groups is 1. The summed E-state index contributed by atoms with van der Waals surface area (Å²) in [6.07, 6.45) is 0. The van der Waals surface area contributed by atoms with E-state index >= 15 is 0 Å². The Hall–Kier alpha value is -3.09. The molecule has 1 saturated carbocycles. The van der Waals surface area contributed by atoms with Crippen molar-refractivity contribution in [2.24, 2.45) is 11.3 Å². The fourth-order valence-electron chi connectivity index (χ4n) is 4.51. The number of halogens is 4. The lowest BCUT2D eigenvalue weighted by Gasteiger charge is -2.14. The van der Waals surface area contributed by atoms with Crippen molar-refractivity contribution in [2.75, 3.05) is 10.6 Å². The Morgan fingerprint density at radius 3 is 2.35 bits per heavy atom. The molecule has 0 aliphatic heterocycles. The van der Waals surface area contributed by atoms with Crippen molar-refractivity contribution in [3.8, 4) is 5.75 Å². The third kappa shape index (κ3) is 4.74. The Morgan fingerprint density at radius 2 is 1.68 bits per heavy atom. The lowest BCUT2D eigenvalue weighted by Crippen LogP contribution is -2.14. The molecule has 0 saturated heterocycles. The summed E-state index contributed by atoms with van der Waals surface area (Å²) in [7, 11) is 0. The molecule has 8 heteroatoms. The van der Waals surface area contributed by atoms with Gasteiger partial charge in [-0.25, -0.2) is 8.78 Å². The zero-order valence-corrected chi connectivity index (χ0v) is 19.9. The van der Waals surface area contributed by atoms with Crippen LogP contribution in [-0.2, 0) is 0 Å². The summed E-state index contributed by atoms with van der Waals surface area (Å²) < 4.78 is 27.3. The van der Waals surface area contributed by atoms with Gasteiger partial charge in [0.1, 0.15) is 17.4 Å². The molecule has 3 aromatic rings. The van der Waals surface area contributed by atoms with E-state index in [-0.39, 0.29) is 34.3 Å². The summed E-state index contributed by atoms with van der Waals surface area (Å²) in [5.74, 6) is -2.37. The molecule has 2 atom stereocenters. The zero-order valence-electron chi connectivity index (χ0n) is 18.4. The Kier molecular flexibility index (Phi) is 6.32. The highest BCUT2D eigenvalue weighted by Crippen LogP contribution is 2.67. The van der Waals surface area contributed by atoms with Crippen LogP contribution in [0, 0.1) is 23.0 Å². The average Bonchev–Trinajstić information content (AvgIpc) is 3.33. The number of hydrogen-bond donors (Lipinski definition) is 3. The number of rotatable bonds is 6. The van der Waals surface area contributed by atoms with Crippen LogP contribution in [-0.4, -0.2) is 11.0 Å². The van der Waals surface area contributed by atoms with Gasteiger partial charge in [0.15, 0.2) is 0 Å². The molecular weight excluding hydrogens is 481 g/mol. The monoisotopic (exact) mass is 502 g/mol. The number of aromatic hydroxyl groups is 1. The molecule has 4 rings (SSSR count). The van der Waals surface area contributed by atoms with Crippen LogP contribution in [0.25, 0.3) is 0 Å². The molecule has 1 fully saturated rings. The van der Waals surface area contributed by atoms with Crippen molar-refractivity contribution in [1.29, 1.82) is 0 Å². The maximum atomic E-state index is 13.9. The molecule has 4 nitrogen and oxygen atoms in total. The molecule has 1 amide bonds. The zero-order chi connectivity index (χ0) is 24.8. The number of carbonyl (C=O) groups excluding carboxylic acids is 1. The van der Waals surface area contributed by atoms with Gasteiger partial charge in [-0.2, -0.15) is 0 Å². The molecule has 3 N–H and O–H groups in total. The van der Waals surface area contributed by atoms with Gasteiger partial charge in [-0.05, 0) is 65.4 Å². The molecule has 1 aliphatic carbocycles. The quantitative estimate of drug-likeness (QED) is 0.304. The first-order valence-corrected chi connectivity index (χ1v) is 11.2. The van der Waals surface area contributed by atoms with Crippen molar-refractivity contribution >= 4 is 40.5 Å². The highest BCUT2D eigenvalue weighted by Gasteiger charge is 2.59. The average molecular weight is 503 g/mol. The summed E-state index contributed by atoms with van der Waals surface area (Å²) in [6.45, 7) is 8.42. The van der Waals surface area contributed by atoms with E-state index in [9.17, 15) is 18.7 Å². The first-order chi connectivity index (χ1) is 16.0. The van der Waals surface area contributed by atoms with Gasteiger partial charge in [-0.1, -0.05) is 43.6 Å². The van der Waals surface area contributed by atoms with E-state index in [0.29, 0.717) is 15.7 Å². The molecular formula is C26H22Cl2F2N2O2. The number of anilines is 2. The van der Waals surface area contributed by atoms with Crippen LogP contribution in [0.1, 0.15) is 35.7 Å². The minimum Gasteiger partial charge on any atom is -0.507 e. The third-order valence-corrected chi connectivity index (χ3v) is 6.61. The number of phenols is 1. The minimum atomic E-state index is -0.792. The van der Waals surface area contributed by atoms with E-state index in [1.807, 2.05) is 12.1 Å². The highest BCUT2D eigenvalue weighted by atomic mass is 35.5. The van der Waals surface area contributed by atoms with Crippen LogP contribution < -0.4 is 10.6 Å². The summed E-state index contributed by atoms with van der Waals surface area (Å²) in [5.41, 5.74) is 1.71. The smallest absolute Gasteiger partial charge is 0.259 e. The molecule has 0 radical (unpaired) electrons. The first kappa shape index (κ1) is 24.0. The van der Waals surface area contributed by atoms with Gasteiger partial charge in [0.25, 0.3) is 5.91 Å². The van der Waals surface area contributed by atoms with E-state index in [1.54, 1.807) is 12.1 Å². The van der Waals surface area contributed by atoms with E-state index in [1.165, 1.54) is 12.1 Å². The Morgan fingerprint density at radius 1 is 1.00 bits per heavy atom. The molecule has 0 spiro atoms. The third-order valence-electron chi connectivity index (χ3n) is 6.17. The number of amides is 1. The lowest BCUT2D eigenvalue weighted by atomic mass is 10.0. The van der Waals surface area contributed by atoms with Crippen LogP contribution in [0.3, 0.4) is 0 Å². The summed E-state index contributed by atoms with van der Waals surface area (Å²) >= 11 is 12.4. The van der Waals surface area contributed by atoms with Gasteiger partial charge in [-0.3, -0.25) is 4.79 Å². The maximum Gasteiger partial charge on any atom is 0.259 e. The van der Waals surface area contributed by atoms with Crippen LogP contribution in [0.15, 0.2) is 66.9 Å². The second-order valence-electron chi connectivity index (χ2n) is 8.94. The summed E-state index contributed by atoms with van der Waals surface area (Å²) in [6, 6.07) is 12.6. The Balaban J connectivity index is 1.52. The Labute approximate surface area is 206 Å². The molecule has 0 bridgehead atoms. The van der Waals surface area contributed by atoms with Gasteiger partial charge >= 0.3 is 0 Å². The largest absolute Gasteiger partial charge is 0.507 e. The number of nitrogens with one attached hydrogen (secondary N) is 2. The fraction of sp³-hybridized carbons (Fsp3) is 0.192. The summed E-state index contributed by atoms with van der Waals surface area (Å²) in [4.78, 5) is 12.7. The highest BCUT2D eigenvalue weighted by molar-refractivity contribution is 6.34. The van der Waals surface area contributed by atoms with Gasteiger partial charge in [-0.15, -0.1) is 0 Å².